The Morgan fingerprint density at radius 3 is 2.50 bits per heavy atom. The molecule has 0 saturated carbocycles. The third kappa shape index (κ3) is 13.3. The molecule has 160 valence electrons. The van der Waals surface area contributed by atoms with Gasteiger partial charge < -0.3 is 5.32 Å². The Morgan fingerprint density at radius 1 is 0.967 bits per heavy atom. The highest BCUT2D eigenvalue weighted by molar-refractivity contribution is 5.88. The van der Waals surface area contributed by atoms with E-state index in [1.165, 1.54) is 11.1 Å². The topological polar surface area (TPSA) is 29.1 Å². The van der Waals surface area contributed by atoms with Crippen LogP contribution in [0.5, 0.6) is 0 Å². The monoisotopic (exact) mass is 403 g/mol. The van der Waals surface area contributed by atoms with Gasteiger partial charge in [0.1, 0.15) is 0 Å². The molecule has 0 aromatic carbocycles. The average molecular weight is 404 g/mol. The summed E-state index contributed by atoms with van der Waals surface area (Å²) >= 11 is 0. The number of allylic oxidation sites excluding steroid dienone is 15. The molecule has 1 rings (SSSR count). The molecule has 0 aromatic heterocycles. The van der Waals surface area contributed by atoms with Crippen molar-refractivity contribution in [1.82, 2.24) is 5.32 Å². The largest absolute Gasteiger partial charge is 0.349 e. The summed E-state index contributed by atoms with van der Waals surface area (Å²) in [4.78, 5) is 12.3. The Labute approximate surface area is 183 Å². The van der Waals surface area contributed by atoms with Crippen LogP contribution in [0.25, 0.3) is 0 Å². The van der Waals surface area contributed by atoms with Crippen LogP contribution in [-0.4, -0.2) is 11.9 Å². The standard InChI is InChI=1S/C28H37NO/c1-5-6-7-8-19-27-20-13-11-16-24(2)15-9-10-17-25(3)22-23-26(4)18-12-14-21-28(30)29-27/h5-18,21,23,25,27H,19-20,22H2,1-4H3,(H,29,30)/b6-5?,8-7+,13-11+,15-9+,17-10-,18-12+,21-14+,24-16+,26-23+. The van der Waals surface area contributed by atoms with Crippen LogP contribution in [-0.2, 0) is 4.79 Å². The van der Waals surface area contributed by atoms with Crippen molar-refractivity contribution in [3.8, 4) is 0 Å². The van der Waals surface area contributed by atoms with E-state index in [0.717, 1.165) is 19.3 Å². The van der Waals surface area contributed by atoms with E-state index in [9.17, 15) is 4.79 Å². The van der Waals surface area contributed by atoms with E-state index < -0.39 is 0 Å². The molecule has 0 aromatic rings. The van der Waals surface area contributed by atoms with E-state index in [2.05, 4.69) is 80.8 Å². The molecular weight excluding hydrogens is 366 g/mol. The second-order valence-corrected chi connectivity index (χ2v) is 7.59. The van der Waals surface area contributed by atoms with Crippen molar-refractivity contribution in [2.24, 2.45) is 5.92 Å². The zero-order valence-electron chi connectivity index (χ0n) is 18.9. The molecule has 0 aliphatic carbocycles. The number of hydrogen-bond donors (Lipinski definition) is 1. The van der Waals surface area contributed by atoms with E-state index >= 15 is 0 Å². The zero-order valence-corrected chi connectivity index (χ0v) is 18.9. The van der Waals surface area contributed by atoms with Crippen molar-refractivity contribution < 1.29 is 4.79 Å². The minimum absolute atomic E-state index is 0.0600. The van der Waals surface area contributed by atoms with Crippen LogP contribution in [0.3, 0.4) is 0 Å². The van der Waals surface area contributed by atoms with Crippen molar-refractivity contribution in [2.75, 3.05) is 0 Å². The maximum Gasteiger partial charge on any atom is 0.244 e. The molecule has 1 amide bonds. The van der Waals surface area contributed by atoms with Crippen LogP contribution < -0.4 is 5.32 Å². The fourth-order valence-electron chi connectivity index (χ4n) is 2.74. The van der Waals surface area contributed by atoms with Crippen LogP contribution >= 0.6 is 0 Å². The zero-order chi connectivity index (χ0) is 22.0. The van der Waals surface area contributed by atoms with Crippen LogP contribution in [0.15, 0.2) is 108 Å². The van der Waals surface area contributed by atoms with E-state index in [1.54, 1.807) is 12.2 Å². The normalized spacial score (nSPS) is 31.1. The van der Waals surface area contributed by atoms with Crippen LogP contribution in [0.4, 0.5) is 0 Å². The summed E-state index contributed by atoms with van der Waals surface area (Å²) in [5.74, 6) is 0.412. The van der Waals surface area contributed by atoms with Gasteiger partial charge in [-0.05, 0) is 46.0 Å². The highest BCUT2D eigenvalue weighted by Crippen LogP contribution is 2.09. The van der Waals surface area contributed by atoms with E-state index in [0.29, 0.717) is 5.92 Å². The fourth-order valence-corrected chi connectivity index (χ4v) is 2.74. The van der Waals surface area contributed by atoms with E-state index in [4.69, 9.17) is 0 Å². The quantitative estimate of drug-likeness (QED) is 0.500. The predicted molar refractivity (Wildman–Crippen MR) is 132 cm³/mol. The van der Waals surface area contributed by atoms with Crippen molar-refractivity contribution in [3.05, 3.63) is 108 Å². The number of nitrogens with one attached hydrogen (secondary N) is 1. The molecule has 2 nitrogen and oxygen atoms in total. The summed E-state index contributed by atoms with van der Waals surface area (Å²) in [6, 6.07) is 0.0600. The van der Waals surface area contributed by atoms with Crippen LogP contribution in [0, 0.1) is 5.92 Å². The molecule has 30 heavy (non-hydrogen) atoms. The number of carbonyl (C=O) groups excluding carboxylic acids is 1. The third-order valence-corrected chi connectivity index (χ3v) is 4.56. The van der Waals surface area contributed by atoms with Crippen molar-refractivity contribution >= 4 is 5.91 Å². The van der Waals surface area contributed by atoms with Gasteiger partial charge in [0.2, 0.25) is 5.91 Å². The number of amides is 1. The lowest BCUT2D eigenvalue weighted by atomic mass is 10.0. The Morgan fingerprint density at radius 2 is 1.70 bits per heavy atom. The highest BCUT2D eigenvalue weighted by atomic mass is 16.1. The van der Waals surface area contributed by atoms with Gasteiger partial charge in [-0.3, -0.25) is 4.79 Å². The fraction of sp³-hybridized carbons (Fsp3) is 0.321. The summed E-state index contributed by atoms with van der Waals surface area (Å²) in [5, 5.41) is 3.10. The first-order valence-corrected chi connectivity index (χ1v) is 10.8. The van der Waals surface area contributed by atoms with Gasteiger partial charge in [-0.25, -0.2) is 0 Å². The van der Waals surface area contributed by atoms with E-state index in [1.807, 2.05) is 37.3 Å². The molecule has 2 atom stereocenters. The van der Waals surface area contributed by atoms with Crippen molar-refractivity contribution in [3.63, 3.8) is 0 Å². The van der Waals surface area contributed by atoms with E-state index in [-0.39, 0.29) is 11.9 Å². The van der Waals surface area contributed by atoms with Gasteiger partial charge in [0.05, 0.1) is 0 Å². The molecule has 0 saturated heterocycles. The molecule has 1 aliphatic rings. The molecule has 1 heterocycles. The first kappa shape index (κ1) is 25.2. The molecule has 0 bridgehead atoms. The minimum Gasteiger partial charge on any atom is -0.349 e. The number of hydrogen-bond acceptors (Lipinski definition) is 1. The van der Waals surface area contributed by atoms with Gasteiger partial charge in [0, 0.05) is 12.1 Å². The maximum absolute atomic E-state index is 12.3. The summed E-state index contributed by atoms with van der Waals surface area (Å²) in [7, 11) is 0. The molecular formula is C28H37NO. The maximum atomic E-state index is 12.3. The Bertz CT molecular complexity index is 781. The average Bonchev–Trinajstić information content (AvgIpc) is 2.72. The molecule has 1 aliphatic heterocycles. The third-order valence-electron chi connectivity index (χ3n) is 4.56. The van der Waals surface area contributed by atoms with Gasteiger partial charge in [-0.1, -0.05) is 109 Å². The number of rotatable bonds is 3. The molecule has 0 spiro atoms. The molecule has 2 heteroatoms. The predicted octanol–water partition coefficient (Wildman–Crippen LogP) is 7.10. The van der Waals surface area contributed by atoms with Crippen LogP contribution in [0.2, 0.25) is 0 Å². The lowest BCUT2D eigenvalue weighted by molar-refractivity contribution is -0.117. The SMILES string of the molecule is CC=C/C=C/CC1C/C=C/C=C(C)/C=C/C=C\C(C)C/C=C(C)/C=C/C=C/C(=O)N1. The van der Waals surface area contributed by atoms with Gasteiger partial charge in [0.15, 0.2) is 0 Å². The second kappa shape index (κ2) is 16.0. The molecule has 0 radical (unpaired) electrons. The first-order valence-electron chi connectivity index (χ1n) is 10.8. The van der Waals surface area contributed by atoms with Crippen LogP contribution in [0.1, 0.15) is 47.0 Å². The summed E-state index contributed by atoms with van der Waals surface area (Å²) in [6.45, 7) is 8.38. The number of carbonyl (C=O) groups is 1. The Kier molecular flexibility index (Phi) is 13.4. The van der Waals surface area contributed by atoms with Crippen molar-refractivity contribution in [1.29, 1.82) is 0 Å². The highest BCUT2D eigenvalue weighted by Gasteiger charge is 2.07. The Balaban J connectivity index is 2.97. The smallest absolute Gasteiger partial charge is 0.244 e. The first-order chi connectivity index (χ1) is 14.5. The van der Waals surface area contributed by atoms with Gasteiger partial charge in [-0.15, -0.1) is 0 Å². The summed E-state index contributed by atoms with van der Waals surface area (Å²) < 4.78 is 0. The molecule has 0 fully saturated rings. The lowest BCUT2D eigenvalue weighted by Gasteiger charge is -2.14. The minimum atomic E-state index is -0.0677. The lowest BCUT2D eigenvalue weighted by Crippen LogP contribution is -2.32. The van der Waals surface area contributed by atoms with Gasteiger partial charge in [-0.2, -0.15) is 0 Å². The summed E-state index contributed by atoms with van der Waals surface area (Å²) in [6.07, 6.45) is 35.0. The van der Waals surface area contributed by atoms with Gasteiger partial charge in [0.25, 0.3) is 0 Å². The van der Waals surface area contributed by atoms with Gasteiger partial charge >= 0.3 is 0 Å². The second-order valence-electron chi connectivity index (χ2n) is 7.59. The summed E-state index contributed by atoms with van der Waals surface area (Å²) in [5.41, 5.74) is 2.39. The van der Waals surface area contributed by atoms with Crippen molar-refractivity contribution in [2.45, 2.75) is 53.0 Å². The molecule has 1 N–H and O–H groups in total. The Hall–Kier alpha value is -2.87. The molecule has 2 unspecified atom stereocenters.